The quantitative estimate of drug-likeness (QED) is 0.764. The Morgan fingerprint density at radius 3 is 2.55 bits per heavy atom. The van der Waals surface area contributed by atoms with Gasteiger partial charge in [0.1, 0.15) is 5.78 Å². The van der Waals surface area contributed by atoms with Crippen molar-refractivity contribution < 1.29 is 19.1 Å². The molecular formula is C15H19NO4. The highest BCUT2D eigenvalue weighted by molar-refractivity contribution is 6.00. The van der Waals surface area contributed by atoms with Crippen molar-refractivity contribution in [2.75, 3.05) is 27.3 Å². The summed E-state index contributed by atoms with van der Waals surface area (Å²) in [5.74, 6) is 1.35. The molecule has 0 atom stereocenters. The highest BCUT2D eigenvalue weighted by Crippen LogP contribution is 2.27. The molecule has 0 aromatic heterocycles. The molecule has 108 valence electrons. The molecule has 2 rings (SSSR count). The smallest absolute Gasteiger partial charge is 0.230 e. The monoisotopic (exact) mass is 277 g/mol. The summed E-state index contributed by atoms with van der Waals surface area (Å²) in [6.45, 7) is 1.16. The van der Waals surface area contributed by atoms with Crippen molar-refractivity contribution in [3.05, 3.63) is 23.8 Å². The fourth-order valence-electron chi connectivity index (χ4n) is 2.29. The van der Waals surface area contributed by atoms with E-state index in [1.54, 1.807) is 19.1 Å². The van der Waals surface area contributed by atoms with Crippen molar-refractivity contribution in [2.45, 2.75) is 19.3 Å². The first-order valence-corrected chi connectivity index (χ1v) is 6.64. The van der Waals surface area contributed by atoms with E-state index in [4.69, 9.17) is 9.47 Å². The van der Waals surface area contributed by atoms with Crippen molar-refractivity contribution in [3.8, 4) is 11.5 Å². The SMILES string of the molecule is COc1ccc(CCN2CCC(=O)CC2=O)cc1OC. The van der Waals surface area contributed by atoms with Crippen LogP contribution in [0.15, 0.2) is 18.2 Å². The molecule has 0 spiro atoms. The first kappa shape index (κ1) is 14.4. The summed E-state index contributed by atoms with van der Waals surface area (Å²) in [5.41, 5.74) is 1.08. The molecule has 0 N–H and O–H groups in total. The summed E-state index contributed by atoms with van der Waals surface area (Å²) in [5, 5.41) is 0. The number of carbonyl (C=O) groups is 2. The molecule has 0 bridgehead atoms. The molecule has 0 radical (unpaired) electrons. The van der Waals surface area contributed by atoms with E-state index < -0.39 is 0 Å². The molecule has 1 aliphatic heterocycles. The Morgan fingerprint density at radius 2 is 1.90 bits per heavy atom. The zero-order valence-corrected chi connectivity index (χ0v) is 11.8. The van der Waals surface area contributed by atoms with E-state index in [2.05, 4.69) is 0 Å². The number of rotatable bonds is 5. The summed E-state index contributed by atoms with van der Waals surface area (Å²) in [7, 11) is 3.20. The van der Waals surface area contributed by atoms with Gasteiger partial charge in [0.25, 0.3) is 0 Å². The van der Waals surface area contributed by atoms with Crippen LogP contribution in [0.25, 0.3) is 0 Å². The predicted molar refractivity (Wildman–Crippen MR) is 74.1 cm³/mol. The number of carbonyl (C=O) groups excluding carboxylic acids is 2. The van der Waals surface area contributed by atoms with Crippen molar-refractivity contribution in [1.82, 2.24) is 4.90 Å². The maximum absolute atomic E-state index is 11.7. The number of ether oxygens (including phenoxy) is 2. The first-order chi connectivity index (χ1) is 9.63. The van der Waals surface area contributed by atoms with Gasteiger partial charge in [-0.2, -0.15) is 0 Å². The van der Waals surface area contributed by atoms with Crippen LogP contribution >= 0.6 is 0 Å². The minimum Gasteiger partial charge on any atom is -0.493 e. The Labute approximate surface area is 118 Å². The van der Waals surface area contributed by atoms with Gasteiger partial charge in [-0.25, -0.2) is 0 Å². The summed E-state index contributed by atoms with van der Waals surface area (Å²) in [6, 6.07) is 5.73. The average Bonchev–Trinajstić information content (AvgIpc) is 2.46. The normalized spacial score (nSPS) is 15.4. The third kappa shape index (κ3) is 3.29. The van der Waals surface area contributed by atoms with Gasteiger partial charge >= 0.3 is 0 Å². The van der Waals surface area contributed by atoms with Crippen LogP contribution in [-0.2, 0) is 16.0 Å². The number of amides is 1. The second-order valence-electron chi connectivity index (χ2n) is 4.79. The van der Waals surface area contributed by atoms with Crippen molar-refractivity contribution >= 4 is 11.7 Å². The average molecular weight is 277 g/mol. The highest BCUT2D eigenvalue weighted by Gasteiger charge is 2.23. The Hall–Kier alpha value is -2.04. The van der Waals surface area contributed by atoms with E-state index >= 15 is 0 Å². The van der Waals surface area contributed by atoms with Gasteiger partial charge in [-0.3, -0.25) is 9.59 Å². The molecule has 5 heteroatoms. The summed E-state index contributed by atoms with van der Waals surface area (Å²) in [4.78, 5) is 24.6. The van der Waals surface area contributed by atoms with Crippen molar-refractivity contribution in [3.63, 3.8) is 0 Å². The van der Waals surface area contributed by atoms with Gasteiger partial charge in [-0.1, -0.05) is 6.07 Å². The minimum absolute atomic E-state index is 0.0392. The predicted octanol–water partition coefficient (Wildman–Crippen LogP) is 1.44. The molecule has 1 fully saturated rings. The minimum atomic E-state index is -0.0678. The third-order valence-corrected chi connectivity index (χ3v) is 3.48. The second-order valence-corrected chi connectivity index (χ2v) is 4.79. The molecule has 1 aromatic carbocycles. The number of methoxy groups -OCH3 is 2. The van der Waals surface area contributed by atoms with Gasteiger partial charge < -0.3 is 14.4 Å². The van der Waals surface area contributed by atoms with Crippen molar-refractivity contribution in [1.29, 1.82) is 0 Å². The van der Waals surface area contributed by atoms with Gasteiger partial charge in [0, 0.05) is 19.5 Å². The lowest BCUT2D eigenvalue weighted by Crippen LogP contribution is -2.40. The number of likely N-dealkylation sites (tertiary alicyclic amines) is 1. The van der Waals surface area contributed by atoms with Crippen LogP contribution in [0, 0.1) is 0 Å². The van der Waals surface area contributed by atoms with Crippen molar-refractivity contribution in [2.24, 2.45) is 0 Å². The summed E-state index contributed by atoms with van der Waals surface area (Å²) >= 11 is 0. The Bertz CT molecular complexity index is 513. The van der Waals surface area contributed by atoms with Gasteiger partial charge in [0.15, 0.2) is 11.5 Å². The van der Waals surface area contributed by atoms with Crippen LogP contribution in [-0.4, -0.2) is 43.9 Å². The number of nitrogens with zero attached hydrogens (tertiary/aromatic N) is 1. The lowest BCUT2D eigenvalue weighted by molar-refractivity contribution is -0.139. The van der Waals surface area contributed by atoms with E-state index in [0.717, 1.165) is 12.0 Å². The molecule has 1 aliphatic rings. The number of ketones is 1. The Kier molecular flexibility index (Phi) is 4.61. The first-order valence-electron chi connectivity index (χ1n) is 6.64. The van der Waals surface area contributed by atoms with Gasteiger partial charge in [-0.15, -0.1) is 0 Å². The summed E-state index contributed by atoms with van der Waals surface area (Å²) in [6.07, 6.45) is 1.25. The van der Waals surface area contributed by atoms with E-state index in [1.807, 2.05) is 18.2 Å². The van der Waals surface area contributed by atoms with E-state index in [0.29, 0.717) is 31.0 Å². The van der Waals surface area contributed by atoms with Crippen LogP contribution < -0.4 is 9.47 Å². The zero-order valence-electron chi connectivity index (χ0n) is 11.8. The van der Waals surface area contributed by atoms with Gasteiger partial charge in [-0.05, 0) is 24.1 Å². The van der Waals surface area contributed by atoms with Crippen LogP contribution in [0.5, 0.6) is 11.5 Å². The molecule has 0 saturated carbocycles. The fraction of sp³-hybridized carbons (Fsp3) is 0.467. The van der Waals surface area contributed by atoms with E-state index in [9.17, 15) is 9.59 Å². The maximum Gasteiger partial charge on any atom is 0.230 e. The lowest BCUT2D eigenvalue weighted by atomic mass is 10.1. The standard InChI is InChI=1S/C15H19NO4/c1-19-13-4-3-11(9-14(13)20-2)5-7-16-8-6-12(17)10-15(16)18/h3-4,9H,5-8,10H2,1-2H3. The number of hydrogen-bond donors (Lipinski definition) is 0. The van der Waals surface area contributed by atoms with E-state index in [-0.39, 0.29) is 18.1 Å². The van der Waals surface area contributed by atoms with Crippen LogP contribution in [0.1, 0.15) is 18.4 Å². The number of benzene rings is 1. The molecule has 1 aromatic rings. The molecule has 5 nitrogen and oxygen atoms in total. The molecule has 20 heavy (non-hydrogen) atoms. The van der Waals surface area contributed by atoms with Crippen LogP contribution in [0.2, 0.25) is 0 Å². The molecule has 0 aliphatic carbocycles. The second kappa shape index (κ2) is 6.41. The Morgan fingerprint density at radius 1 is 1.15 bits per heavy atom. The molecule has 1 saturated heterocycles. The molecule has 0 unspecified atom stereocenters. The number of piperidine rings is 1. The third-order valence-electron chi connectivity index (χ3n) is 3.48. The lowest BCUT2D eigenvalue weighted by Gasteiger charge is -2.26. The van der Waals surface area contributed by atoms with E-state index in [1.165, 1.54) is 0 Å². The topological polar surface area (TPSA) is 55.8 Å². The maximum atomic E-state index is 11.7. The highest BCUT2D eigenvalue weighted by atomic mass is 16.5. The Balaban J connectivity index is 1.97. The van der Waals surface area contributed by atoms with Crippen LogP contribution in [0.4, 0.5) is 0 Å². The molecular weight excluding hydrogens is 258 g/mol. The number of Topliss-reactive ketones (excluding diaryl/α,β-unsaturated/α-hetero) is 1. The fourth-order valence-corrected chi connectivity index (χ4v) is 2.29. The van der Waals surface area contributed by atoms with Crippen LogP contribution in [0.3, 0.4) is 0 Å². The van der Waals surface area contributed by atoms with Gasteiger partial charge in [0.05, 0.1) is 20.6 Å². The number of hydrogen-bond acceptors (Lipinski definition) is 4. The zero-order chi connectivity index (χ0) is 14.5. The largest absolute Gasteiger partial charge is 0.493 e. The summed E-state index contributed by atoms with van der Waals surface area (Å²) < 4.78 is 10.4. The molecule has 1 heterocycles. The van der Waals surface area contributed by atoms with Gasteiger partial charge in [0.2, 0.25) is 5.91 Å². The molecule has 1 amide bonds.